The van der Waals surface area contributed by atoms with Crippen LogP contribution in [0.5, 0.6) is 0 Å². The second-order valence-electron chi connectivity index (χ2n) is 4.61. The maximum absolute atomic E-state index is 12.5. The highest BCUT2D eigenvalue weighted by Gasteiger charge is 2.37. The molecule has 0 unspecified atom stereocenters. The number of carbonyl (C=O) groups is 1. The van der Waals surface area contributed by atoms with Gasteiger partial charge in [0.1, 0.15) is 0 Å². The molecule has 2 N–H and O–H groups in total. The summed E-state index contributed by atoms with van der Waals surface area (Å²) in [5, 5.41) is 8.41. The van der Waals surface area contributed by atoms with Gasteiger partial charge in [-0.2, -0.15) is 0 Å². The van der Waals surface area contributed by atoms with Crippen LogP contribution in [0, 0.1) is 0 Å². The molecular weight excluding hydrogens is 292 g/mol. The van der Waals surface area contributed by atoms with Crippen molar-refractivity contribution in [3.8, 4) is 0 Å². The fourth-order valence-corrected chi connectivity index (χ4v) is 3.59. The molecule has 1 aromatic carbocycles. The number of hydrogen-bond acceptors (Lipinski definition) is 4. The lowest BCUT2D eigenvalue weighted by atomic mass is 10.2. The number of carbonyl (C=O) groups excluding carboxylic acids is 1. The molecule has 0 bridgehead atoms. The van der Waals surface area contributed by atoms with Gasteiger partial charge in [-0.05, 0) is 35.4 Å². The predicted molar refractivity (Wildman–Crippen MR) is 75.5 cm³/mol. The van der Waals surface area contributed by atoms with E-state index < -0.39 is 15.9 Å². The van der Waals surface area contributed by atoms with E-state index in [-0.39, 0.29) is 4.90 Å². The third-order valence-electron chi connectivity index (χ3n) is 3.23. The molecule has 0 aromatic heterocycles. The molecule has 1 aromatic rings. The van der Waals surface area contributed by atoms with Gasteiger partial charge in [0.2, 0.25) is 0 Å². The molecule has 0 radical (unpaired) electrons. The largest absolute Gasteiger partial charge is 0.288 e. The van der Waals surface area contributed by atoms with Crippen LogP contribution in [0.1, 0.15) is 5.56 Å². The molecule has 6 nitrogen and oxygen atoms in total. The van der Waals surface area contributed by atoms with Gasteiger partial charge >= 0.3 is 0 Å². The van der Waals surface area contributed by atoms with E-state index in [0.29, 0.717) is 12.1 Å². The zero-order valence-electron chi connectivity index (χ0n) is 10.9. The first-order chi connectivity index (χ1) is 10.0. The SMILES string of the molecule is O=C(/C=C/c1cccc(S(=O)(=O)N2CC=C3C=C32)c1)NO. The van der Waals surface area contributed by atoms with Gasteiger partial charge < -0.3 is 0 Å². The summed E-state index contributed by atoms with van der Waals surface area (Å²) < 4.78 is 26.4. The first kappa shape index (κ1) is 13.6. The monoisotopic (exact) mass is 304 g/mol. The summed E-state index contributed by atoms with van der Waals surface area (Å²) in [5.41, 5.74) is 3.75. The molecule has 21 heavy (non-hydrogen) atoms. The van der Waals surface area contributed by atoms with Gasteiger partial charge in [-0.25, -0.2) is 13.9 Å². The van der Waals surface area contributed by atoms with Crippen LogP contribution in [-0.4, -0.2) is 30.4 Å². The Hall–Kier alpha value is -2.38. The van der Waals surface area contributed by atoms with E-state index in [1.54, 1.807) is 12.1 Å². The molecule has 1 amide bonds. The fourth-order valence-electron chi connectivity index (χ4n) is 2.11. The summed E-state index contributed by atoms with van der Waals surface area (Å²) in [4.78, 5) is 11.1. The van der Waals surface area contributed by atoms with Crippen LogP contribution in [-0.2, 0) is 14.8 Å². The Morgan fingerprint density at radius 2 is 2.19 bits per heavy atom. The fraction of sp³-hybridized carbons (Fsp3) is 0.0714. The second kappa shape index (κ2) is 4.87. The number of fused-ring (bicyclic) bond motifs is 1. The van der Waals surface area contributed by atoms with E-state index in [1.165, 1.54) is 28.0 Å². The van der Waals surface area contributed by atoms with E-state index >= 15 is 0 Å². The minimum atomic E-state index is -3.58. The Balaban J connectivity index is 1.87. The number of nitrogens with one attached hydrogen (secondary N) is 1. The smallest absolute Gasteiger partial charge is 0.267 e. The minimum absolute atomic E-state index is 0.163. The lowest BCUT2D eigenvalue weighted by molar-refractivity contribution is -0.124. The van der Waals surface area contributed by atoms with Gasteiger partial charge in [0.05, 0.1) is 17.1 Å². The Morgan fingerprint density at radius 3 is 2.81 bits per heavy atom. The number of sulfonamides is 1. The van der Waals surface area contributed by atoms with Gasteiger partial charge in [0.25, 0.3) is 15.9 Å². The molecular formula is C14H12N2O4S. The molecule has 0 spiro atoms. The van der Waals surface area contributed by atoms with E-state index in [2.05, 4.69) is 0 Å². The Bertz CT molecular complexity index is 806. The van der Waals surface area contributed by atoms with Crippen LogP contribution < -0.4 is 5.48 Å². The van der Waals surface area contributed by atoms with Crippen molar-refractivity contribution in [2.75, 3.05) is 6.54 Å². The number of nitrogens with zero attached hydrogens (tertiary/aromatic N) is 1. The number of hydroxylamine groups is 1. The minimum Gasteiger partial charge on any atom is -0.288 e. The lowest BCUT2D eigenvalue weighted by Crippen LogP contribution is -2.25. The van der Waals surface area contributed by atoms with Crippen LogP contribution in [0.2, 0.25) is 0 Å². The van der Waals surface area contributed by atoms with Crippen molar-refractivity contribution in [3.05, 3.63) is 59.3 Å². The van der Waals surface area contributed by atoms with Crippen molar-refractivity contribution in [1.29, 1.82) is 0 Å². The van der Waals surface area contributed by atoms with Crippen molar-refractivity contribution >= 4 is 22.0 Å². The Labute approximate surface area is 121 Å². The summed E-state index contributed by atoms with van der Waals surface area (Å²) in [5.74, 6) is -0.681. The Morgan fingerprint density at radius 1 is 1.38 bits per heavy atom. The van der Waals surface area contributed by atoms with Crippen LogP contribution in [0.4, 0.5) is 0 Å². The summed E-state index contributed by atoms with van der Waals surface area (Å²) in [6.45, 7) is 0.358. The standard InChI is InChI=1S/C14H12N2O4S/c17-14(15-18)5-4-10-2-1-3-12(8-10)21(19,20)16-7-6-11-9-13(11)16/h1-6,8-9,18H,7H2,(H,15,17)/b5-4+. The van der Waals surface area contributed by atoms with E-state index in [4.69, 9.17) is 5.21 Å². The summed E-state index contributed by atoms with van der Waals surface area (Å²) in [6, 6.07) is 6.27. The first-order valence-corrected chi connectivity index (χ1v) is 7.63. The highest BCUT2D eigenvalue weighted by atomic mass is 32.2. The molecule has 0 atom stereocenters. The summed E-state index contributed by atoms with van der Waals surface area (Å²) in [6.07, 6.45) is 6.22. The third-order valence-corrected chi connectivity index (χ3v) is 5.01. The first-order valence-electron chi connectivity index (χ1n) is 6.19. The molecule has 108 valence electrons. The predicted octanol–water partition coefficient (Wildman–Crippen LogP) is 1.03. The summed E-state index contributed by atoms with van der Waals surface area (Å²) >= 11 is 0. The van der Waals surface area contributed by atoms with Crippen molar-refractivity contribution < 1.29 is 18.4 Å². The zero-order chi connectivity index (χ0) is 15.0. The van der Waals surface area contributed by atoms with Gasteiger partial charge in [-0.15, -0.1) is 0 Å². The van der Waals surface area contributed by atoms with Crippen LogP contribution >= 0.6 is 0 Å². The van der Waals surface area contributed by atoms with Crippen molar-refractivity contribution in [2.45, 2.75) is 4.90 Å². The number of hydrogen-bond donors (Lipinski definition) is 2. The second-order valence-corrected chi connectivity index (χ2v) is 6.47. The molecule has 0 saturated carbocycles. The maximum Gasteiger partial charge on any atom is 0.267 e. The van der Waals surface area contributed by atoms with Crippen molar-refractivity contribution in [2.24, 2.45) is 0 Å². The molecule has 0 saturated heterocycles. The van der Waals surface area contributed by atoms with Crippen molar-refractivity contribution in [1.82, 2.24) is 9.79 Å². The zero-order valence-corrected chi connectivity index (χ0v) is 11.7. The van der Waals surface area contributed by atoms with Crippen LogP contribution in [0.3, 0.4) is 0 Å². The van der Waals surface area contributed by atoms with Gasteiger partial charge in [-0.1, -0.05) is 18.2 Å². The van der Waals surface area contributed by atoms with Crippen molar-refractivity contribution in [3.63, 3.8) is 0 Å². The molecule has 1 aliphatic heterocycles. The van der Waals surface area contributed by atoms with Gasteiger partial charge in [0, 0.05) is 6.08 Å². The van der Waals surface area contributed by atoms with E-state index in [0.717, 1.165) is 17.3 Å². The average molecular weight is 304 g/mol. The molecule has 1 aliphatic carbocycles. The Kier molecular flexibility index (Phi) is 3.15. The van der Waals surface area contributed by atoms with Crippen LogP contribution in [0.25, 0.3) is 6.08 Å². The molecule has 2 aliphatic rings. The lowest BCUT2D eigenvalue weighted by Gasteiger charge is -2.17. The quantitative estimate of drug-likeness (QED) is 0.494. The number of allylic oxidation sites excluding steroid dienone is 2. The van der Waals surface area contributed by atoms with E-state index in [1.807, 2.05) is 12.2 Å². The topological polar surface area (TPSA) is 86.7 Å². The van der Waals surface area contributed by atoms with Gasteiger partial charge in [-0.3, -0.25) is 14.3 Å². The maximum atomic E-state index is 12.5. The molecule has 1 heterocycles. The normalized spacial score (nSPS) is 16.5. The van der Waals surface area contributed by atoms with E-state index in [9.17, 15) is 13.2 Å². The van der Waals surface area contributed by atoms with Crippen LogP contribution in [0.15, 0.2) is 58.7 Å². The highest BCUT2D eigenvalue weighted by molar-refractivity contribution is 7.89. The summed E-state index contributed by atoms with van der Waals surface area (Å²) in [7, 11) is -3.58. The molecule has 7 heteroatoms. The highest BCUT2D eigenvalue weighted by Crippen LogP contribution is 2.40. The number of rotatable bonds is 4. The number of benzene rings is 1. The third kappa shape index (κ3) is 2.48. The number of amides is 1. The molecule has 0 fully saturated rings. The average Bonchev–Trinajstić information content (AvgIpc) is 3.14. The molecule has 3 rings (SSSR count). The van der Waals surface area contributed by atoms with Gasteiger partial charge in [0.15, 0.2) is 0 Å².